The van der Waals surface area contributed by atoms with Crippen molar-refractivity contribution in [3.63, 3.8) is 0 Å². The van der Waals surface area contributed by atoms with E-state index in [0.29, 0.717) is 5.92 Å². The zero-order valence-corrected chi connectivity index (χ0v) is 11.8. The summed E-state index contributed by atoms with van der Waals surface area (Å²) >= 11 is 0. The third-order valence-electron chi connectivity index (χ3n) is 3.19. The van der Waals surface area contributed by atoms with E-state index in [9.17, 15) is 0 Å². The molecule has 0 aliphatic heterocycles. The molecule has 0 amide bonds. The van der Waals surface area contributed by atoms with Crippen molar-refractivity contribution >= 4 is 0 Å². The van der Waals surface area contributed by atoms with E-state index in [4.69, 9.17) is 5.73 Å². The summed E-state index contributed by atoms with van der Waals surface area (Å²) in [5.41, 5.74) is 8.50. The van der Waals surface area contributed by atoms with Crippen LogP contribution in [-0.4, -0.2) is 34.3 Å². The number of aromatic nitrogens is 2. The second-order valence-corrected chi connectivity index (χ2v) is 5.20. The Kier molecular flexibility index (Phi) is 5.15. The minimum absolute atomic E-state index is 0.238. The minimum Gasteiger partial charge on any atom is -0.326 e. The molecule has 17 heavy (non-hydrogen) atoms. The topological polar surface area (TPSA) is 47.1 Å². The Bertz CT molecular complexity index is 343. The Balaban J connectivity index is 2.55. The van der Waals surface area contributed by atoms with Gasteiger partial charge in [0, 0.05) is 37.4 Å². The molecular formula is C13H26N4. The van der Waals surface area contributed by atoms with Gasteiger partial charge in [-0.1, -0.05) is 13.8 Å². The Hall–Kier alpha value is -0.870. The molecule has 0 aromatic carbocycles. The summed E-state index contributed by atoms with van der Waals surface area (Å²) in [5, 5.41) is 4.46. The highest BCUT2D eigenvalue weighted by molar-refractivity contribution is 5.15. The lowest BCUT2D eigenvalue weighted by atomic mass is 10.1. The van der Waals surface area contributed by atoms with Crippen molar-refractivity contribution in [2.45, 2.75) is 46.8 Å². The highest BCUT2D eigenvalue weighted by atomic mass is 15.3. The average Bonchev–Trinajstić information content (AvgIpc) is 2.59. The van der Waals surface area contributed by atoms with Gasteiger partial charge in [-0.15, -0.1) is 0 Å². The van der Waals surface area contributed by atoms with Crippen LogP contribution in [0.5, 0.6) is 0 Å². The zero-order chi connectivity index (χ0) is 13.0. The number of likely N-dealkylation sites (N-methyl/N-ethyl adjacent to an activating group) is 1. The van der Waals surface area contributed by atoms with Crippen molar-refractivity contribution in [2.75, 3.05) is 13.6 Å². The molecule has 0 unspecified atom stereocenters. The normalized spacial score (nSPS) is 13.6. The summed E-state index contributed by atoms with van der Waals surface area (Å²) in [6.07, 6.45) is 2.13. The molecule has 0 fully saturated rings. The average molecular weight is 238 g/mol. The van der Waals surface area contributed by atoms with Gasteiger partial charge in [-0.3, -0.25) is 4.68 Å². The summed E-state index contributed by atoms with van der Waals surface area (Å²) in [6, 6.07) is 0.238. The molecule has 1 rings (SSSR count). The largest absolute Gasteiger partial charge is 0.326 e. The van der Waals surface area contributed by atoms with Gasteiger partial charge in [0.1, 0.15) is 0 Å². The van der Waals surface area contributed by atoms with Crippen molar-refractivity contribution in [1.29, 1.82) is 0 Å². The molecule has 98 valence electrons. The Morgan fingerprint density at radius 3 is 2.59 bits per heavy atom. The van der Waals surface area contributed by atoms with Crippen LogP contribution in [0.25, 0.3) is 0 Å². The summed E-state index contributed by atoms with van der Waals surface area (Å²) < 4.78 is 1.99. The van der Waals surface area contributed by atoms with Gasteiger partial charge < -0.3 is 10.6 Å². The molecule has 4 nitrogen and oxygen atoms in total. The van der Waals surface area contributed by atoms with Gasteiger partial charge in [0.15, 0.2) is 0 Å². The first-order chi connectivity index (χ1) is 7.93. The molecule has 1 aromatic heterocycles. The fraction of sp³-hybridized carbons (Fsp3) is 0.769. The van der Waals surface area contributed by atoms with Gasteiger partial charge in [-0.25, -0.2) is 0 Å². The SMILES string of the molecule is CCn1cc(CN(C)C[C@H](N)C(C)C)c(C)n1. The van der Waals surface area contributed by atoms with Crippen LogP contribution >= 0.6 is 0 Å². The highest BCUT2D eigenvalue weighted by Gasteiger charge is 2.12. The van der Waals surface area contributed by atoms with Crippen molar-refractivity contribution in [3.05, 3.63) is 17.5 Å². The lowest BCUT2D eigenvalue weighted by Crippen LogP contribution is -2.38. The van der Waals surface area contributed by atoms with E-state index in [0.717, 1.165) is 25.3 Å². The fourth-order valence-electron chi connectivity index (χ4n) is 1.80. The van der Waals surface area contributed by atoms with E-state index in [1.54, 1.807) is 0 Å². The number of nitrogens with two attached hydrogens (primary N) is 1. The third-order valence-corrected chi connectivity index (χ3v) is 3.19. The van der Waals surface area contributed by atoms with Gasteiger partial charge in [0.2, 0.25) is 0 Å². The summed E-state index contributed by atoms with van der Waals surface area (Å²) in [4.78, 5) is 2.27. The first-order valence-electron chi connectivity index (χ1n) is 6.41. The highest BCUT2D eigenvalue weighted by Crippen LogP contribution is 2.09. The first-order valence-corrected chi connectivity index (χ1v) is 6.41. The van der Waals surface area contributed by atoms with Crippen molar-refractivity contribution in [1.82, 2.24) is 14.7 Å². The molecule has 0 aliphatic carbocycles. The van der Waals surface area contributed by atoms with Crippen LogP contribution in [0.2, 0.25) is 0 Å². The quantitative estimate of drug-likeness (QED) is 0.819. The molecule has 0 saturated carbocycles. The molecule has 1 atom stereocenters. The molecule has 2 N–H and O–H groups in total. The molecule has 0 radical (unpaired) electrons. The van der Waals surface area contributed by atoms with Crippen molar-refractivity contribution in [2.24, 2.45) is 11.7 Å². The number of rotatable bonds is 6. The van der Waals surface area contributed by atoms with Gasteiger partial charge in [-0.2, -0.15) is 5.10 Å². The molecule has 4 heteroatoms. The van der Waals surface area contributed by atoms with E-state index in [1.807, 2.05) is 4.68 Å². The Morgan fingerprint density at radius 2 is 2.12 bits per heavy atom. The van der Waals surface area contributed by atoms with E-state index >= 15 is 0 Å². The second-order valence-electron chi connectivity index (χ2n) is 5.20. The van der Waals surface area contributed by atoms with Crippen molar-refractivity contribution in [3.8, 4) is 0 Å². The van der Waals surface area contributed by atoms with Crippen molar-refractivity contribution < 1.29 is 0 Å². The van der Waals surface area contributed by atoms with Crippen LogP contribution in [-0.2, 0) is 13.1 Å². The second kappa shape index (κ2) is 6.17. The smallest absolute Gasteiger partial charge is 0.0638 e. The molecule has 1 aromatic rings. The molecule has 0 bridgehead atoms. The minimum atomic E-state index is 0.238. The van der Waals surface area contributed by atoms with Crippen LogP contribution in [0.3, 0.4) is 0 Å². The zero-order valence-electron chi connectivity index (χ0n) is 11.8. The maximum Gasteiger partial charge on any atom is 0.0638 e. The Morgan fingerprint density at radius 1 is 1.47 bits per heavy atom. The van der Waals surface area contributed by atoms with E-state index in [2.05, 4.69) is 50.9 Å². The third kappa shape index (κ3) is 4.13. The molecule has 0 aliphatic rings. The lowest BCUT2D eigenvalue weighted by molar-refractivity contribution is 0.276. The van der Waals surface area contributed by atoms with Gasteiger partial charge in [0.25, 0.3) is 0 Å². The lowest BCUT2D eigenvalue weighted by Gasteiger charge is -2.23. The molecule has 0 spiro atoms. The Labute approximate surface area is 105 Å². The van der Waals surface area contributed by atoms with Gasteiger partial charge >= 0.3 is 0 Å². The van der Waals surface area contributed by atoms with Gasteiger partial charge in [-0.05, 0) is 26.8 Å². The maximum atomic E-state index is 6.08. The standard InChI is InChI=1S/C13H26N4/c1-6-17-8-12(11(4)15-17)7-16(5)9-13(14)10(2)3/h8,10,13H,6-7,9,14H2,1-5H3/t13-/m0/s1. The van der Waals surface area contributed by atoms with E-state index < -0.39 is 0 Å². The van der Waals surface area contributed by atoms with Gasteiger partial charge in [0.05, 0.1) is 5.69 Å². The summed E-state index contributed by atoms with van der Waals surface area (Å²) in [7, 11) is 2.12. The number of hydrogen-bond donors (Lipinski definition) is 1. The van der Waals surface area contributed by atoms with Crippen LogP contribution in [0.15, 0.2) is 6.20 Å². The summed E-state index contributed by atoms with van der Waals surface area (Å²) in [6.45, 7) is 11.3. The molecule has 1 heterocycles. The predicted octanol–water partition coefficient (Wildman–Crippen LogP) is 1.63. The first kappa shape index (κ1) is 14.2. The van der Waals surface area contributed by atoms with E-state index in [1.165, 1.54) is 5.56 Å². The summed E-state index contributed by atoms with van der Waals surface area (Å²) in [5.74, 6) is 0.525. The van der Waals surface area contributed by atoms with Crippen LogP contribution in [0, 0.1) is 12.8 Å². The van der Waals surface area contributed by atoms with Crippen LogP contribution < -0.4 is 5.73 Å². The molecular weight excluding hydrogens is 212 g/mol. The molecule has 0 saturated heterocycles. The van der Waals surface area contributed by atoms with Crippen LogP contribution in [0.1, 0.15) is 32.0 Å². The monoisotopic (exact) mass is 238 g/mol. The predicted molar refractivity (Wildman–Crippen MR) is 71.8 cm³/mol. The fourth-order valence-corrected chi connectivity index (χ4v) is 1.80. The van der Waals surface area contributed by atoms with Crippen LogP contribution in [0.4, 0.5) is 0 Å². The number of aryl methyl sites for hydroxylation is 2. The number of nitrogens with zero attached hydrogens (tertiary/aromatic N) is 3. The number of hydrogen-bond acceptors (Lipinski definition) is 3. The maximum absolute atomic E-state index is 6.08. The van der Waals surface area contributed by atoms with E-state index in [-0.39, 0.29) is 6.04 Å².